The van der Waals surface area contributed by atoms with Crippen LogP contribution in [0.25, 0.3) is 6.08 Å². The van der Waals surface area contributed by atoms with Gasteiger partial charge in [-0.3, -0.25) is 33.6 Å². The summed E-state index contributed by atoms with van der Waals surface area (Å²) < 4.78 is 0. The molecular weight excluding hydrogens is 1050 g/mol. The lowest BCUT2D eigenvalue weighted by molar-refractivity contribution is -0.135. The van der Waals surface area contributed by atoms with Crippen LogP contribution in [-0.4, -0.2) is 124 Å². The monoisotopic (exact) mass is 1120 g/mol. The highest BCUT2D eigenvalue weighted by atomic mass is 16.3. The van der Waals surface area contributed by atoms with Crippen LogP contribution in [0.2, 0.25) is 0 Å². The second-order valence-electron chi connectivity index (χ2n) is 20.1. The second-order valence-corrected chi connectivity index (χ2v) is 20.1. The van der Waals surface area contributed by atoms with Crippen LogP contribution in [0.3, 0.4) is 0 Å². The van der Waals surface area contributed by atoms with Gasteiger partial charge in [0.25, 0.3) is 0 Å². The zero-order chi connectivity index (χ0) is 58.4. The van der Waals surface area contributed by atoms with Crippen LogP contribution in [0.4, 0.5) is 0 Å². The summed E-state index contributed by atoms with van der Waals surface area (Å²) in [6, 6.07) is 22.4. The van der Waals surface area contributed by atoms with Crippen molar-refractivity contribution >= 4 is 47.4 Å². The molecule has 0 radical (unpaired) electrons. The quantitative estimate of drug-likeness (QED) is 0.0299. The number of hydrogen-bond acceptors (Lipinski definition) is 13. The number of carbonyl (C=O) groups excluding carboxylic acids is 7. The van der Waals surface area contributed by atoms with E-state index < -0.39 is 83.6 Å². The van der Waals surface area contributed by atoms with Crippen molar-refractivity contribution in [1.29, 1.82) is 0 Å². The van der Waals surface area contributed by atoms with Crippen LogP contribution in [-0.2, 0) is 72.1 Å². The Kier molecular flexibility index (Phi) is 21.8. The molecule has 0 bridgehead atoms. The van der Waals surface area contributed by atoms with E-state index >= 15 is 0 Å². The van der Waals surface area contributed by atoms with Crippen molar-refractivity contribution in [3.05, 3.63) is 192 Å². The summed E-state index contributed by atoms with van der Waals surface area (Å²) in [5, 5.41) is 39.1. The third-order valence-electron chi connectivity index (χ3n) is 13.1. The third-order valence-corrected chi connectivity index (χ3v) is 13.1. The van der Waals surface area contributed by atoms with E-state index in [2.05, 4.69) is 67.1 Å². The van der Waals surface area contributed by atoms with Crippen molar-refractivity contribution in [2.24, 2.45) is 11.7 Å². The van der Waals surface area contributed by atoms with E-state index in [-0.39, 0.29) is 62.4 Å². The Morgan fingerprint density at radius 1 is 0.463 bits per heavy atom. The Bertz CT molecular complexity index is 3200. The maximum absolute atomic E-state index is 14.7. The normalized spacial score (nSPS) is 13.8. The van der Waals surface area contributed by atoms with Gasteiger partial charge in [0.2, 0.25) is 41.4 Å². The first-order chi connectivity index (χ1) is 39.6. The number of nitrogens with two attached hydrogens (primary N) is 1. The number of amides is 7. The first kappa shape index (κ1) is 59.8. The average molecular weight is 1120 g/mol. The lowest BCUT2D eigenvalue weighted by Gasteiger charge is -2.28. The number of hydrogen-bond donors (Lipinski definition) is 13. The Labute approximate surface area is 473 Å². The lowest BCUT2D eigenvalue weighted by Crippen LogP contribution is -2.61. The van der Waals surface area contributed by atoms with E-state index in [0.29, 0.717) is 28.2 Å². The number of nitrogens with one attached hydrogen (secondary N) is 10. The summed E-state index contributed by atoms with van der Waals surface area (Å²) in [5.74, 6) is -5.84. The number of H-pyrrole nitrogens is 3. The van der Waals surface area contributed by atoms with E-state index in [4.69, 9.17) is 5.73 Å². The van der Waals surface area contributed by atoms with Crippen molar-refractivity contribution in [2.75, 3.05) is 0 Å². The van der Waals surface area contributed by atoms with Gasteiger partial charge in [-0.2, -0.15) is 0 Å². The van der Waals surface area contributed by atoms with E-state index in [1.807, 2.05) is 50.2 Å². The predicted octanol–water partition coefficient (Wildman–Crippen LogP) is 2.09. The maximum atomic E-state index is 14.7. The van der Waals surface area contributed by atoms with E-state index in [9.17, 15) is 43.8 Å². The summed E-state index contributed by atoms with van der Waals surface area (Å²) in [5.41, 5.74) is 10.4. The summed E-state index contributed by atoms with van der Waals surface area (Å²) in [6.45, 7) is 3.68. The lowest BCUT2D eigenvalue weighted by atomic mass is 10.00. The molecule has 23 nitrogen and oxygen atoms in total. The molecule has 82 heavy (non-hydrogen) atoms. The predicted molar refractivity (Wildman–Crippen MR) is 303 cm³/mol. The number of phenolic OH excluding ortho intramolecular Hbond substituents is 2. The molecule has 0 spiro atoms. The highest BCUT2D eigenvalue weighted by molar-refractivity contribution is 5.97. The molecule has 3 heterocycles. The van der Waals surface area contributed by atoms with E-state index in [1.165, 1.54) is 68.0 Å². The van der Waals surface area contributed by atoms with Gasteiger partial charge in [-0.25, -0.2) is 15.0 Å². The molecule has 7 atom stereocenters. The van der Waals surface area contributed by atoms with Crippen LogP contribution in [0.1, 0.15) is 59.6 Å². The number of imidazole rings is 3. The Balaban J connectivity index is 1.10. The van der Waals surface area contributed by atoms with Crippen LogP contribution in [0.5, 0.6) is 11.5 Å². The molecule has 7 aromatic rings. The van der Waals surface area contributed by atoms with Gasteiger partial charge >= 0.3 is 0 Å². The molecule has 0 saturated carbocycles. The Morgan fingerprint density at radius 2 is 0.829 bits per heavy atom. The molecule has 0 fully saturated rings. The van der Waals surface area contributed by atoms with Crippen LogP contribution >= 0.6 is 0 Å². The van der Waals surface area contributed by atoms with Crippen LogP contribution < -0.4 is 43.0 Å². The van der Waals surface area contributed by atoms with Crippen molar-refractivity contribution in [2.45, 2.75) is 101 Å². The molecule has 4 aromatic carbocycles. The molecule has 3 aromatic heterocycles. The zero-order valence-electron chi connectivity index (χ0n) is 45.3. The summed E-state index contributed by atoms with van der Waals surface area (Å²) >= 11 is 0. The van der Waals surface area contributed by atoms with Gasteiger partial charge in [-0.15, -0.1) is 0 Å². The minimum atomic E-state index is -1.38. The number of phenols is 2. The number of carbonyl (C=O) groups is 7. The van der Waals surface area contributed by atoms with Crippen molar-refractivity contribution < 1.29 is 43.8 Å². The fourth-order valence-electron chi connectivity index (χ4n) is 8.86. The molecule has 0 aliphatic heterocycles. The zero-order valence-corrected chi connectivity index (χ0v) is 45.3. The minimum Gasteiger partial charge on any atom is -0.504 e. The highest BCUT2D eigenvalue weighted by Crippen LogP contribution is 2.25. The standard InChI is InChI=1S/C59H68N14O9/c1-36(2)22-45(69-58(81)49(28-42-31-62-34-66-42)73-56(79)46(24-38-14-8-4-9-15-38)68-53(76)44(60)23-37-12-6-3-7-13-37)55(78)72-50(29-43-32-63-35-67-43)59(82)70-47(25-39-16-10-5-11-17-39)57(80)71-48(27-41-30-61-33-65-41)54(77)64-21-20-40-18-19-51(74)52(75)26-40/h3-21,26,30-36,44-50,74-75H,22-25,27-29,60H2,1-2H3,(H,61,65)(H,62,66)(H,63,67)(H,64,77)(H,68,76)(H,69,81)(H,70,82)(H,71,80)(H,72,78)(H,73,79)/b21-20+/t44-,45-,46-,47-,48-,49-,50-/m0/s1. The summed E-state index contributed by atoms with van der Waals surface area (Å²) in [4.78, 5) is 121. The molecular formula is C59H68N14O9. The van der Waals surface area contributed by atoms with Crippen LogP contribution in [0.15, 0.2) is 153 Å². The van der Waals surface area contributed by atoms with Crippen LogP contribution in [0, 0.1) is 5.92 Å². The van der Waals surface area contributed by atoms with Gasteiger partial charge < -0.3 is 68.1 Å². The molecule has 0 unspecified atom stereocenters. The number of aromatic amines is 3. The van der Waals surface area contributed by atoms with Gasteiger partial charge in [-0.1, -0.05) is 111 Å². The highest BCUT2D eigenvalue weighted by Gasteiger charge is 2.35. The topological polar surface area (TPSA) is 356 Å². The SMILES string of the molecule is CC(C)C[C@H](NC(=O)[C@H](Cc1cnc[nH]1)NC(=O)[C@H](Cc1ccccc1)NC(=O)[C@@H](N)Cc1ccccc1)C(=O)N[C@@H](Cc1cnc[nH]1)C(=O)N[C@@H](Cc1ccccc1)C(=O)N[C@@H](Cc1cnc[nH]1)C(=O)N/C=C/c1ccc(O)c(O)c1. The minimum absolute atomic E-state index is 0.0416. The fourth-order valence-corrected chi connectivity index (χ4v) is 8.86. The number of benzene rings is 4. The second kappa shape index (κ2) is 29.9. The molecule has 7 rings (SSSR count). The van der Waals surface area contributed by atoms with Gasteiger partial charge in [0.1, 0.15) is 36.3 Å². The Hall–Kier alpha value is -9.90. The van der Waals surface area contributed by atoms with Gasteiger partial charge in [0.05, 0.1) is 25.0 Å². The van der Waals surface area contributed by atoms with Crippen molar-refractivity contribution in [1.82, 2.24) is 67.1 Å². The first-order valence-corrected chi connectivity index (χ1v) is 26.7. The molecule has 0 saturated heterocycles. The first-order valence-electron chi connectivity index (χ1n) is 26.7. The molecule has 14 N–H and O–H groups in total. The molecule has 23 heteroatoms. The molecule has 428 valence electrons. The average Bonchev–Trinajstić information content (AvgIpc) is 4.32. The molecule has 7 amide bonds. The van der Waals surface area contributed by atoms with Gasteiger partial charge in [0.15, 0.2) is 11.5 Å². The maximum Gasteiger partial charge on any atom is 0.246 e. The number of rotatable bonds is 29. The summed E-state index contributed by atoms with van der Waals surface area (Å²) in [6.07, 6.45) is 11.5. The molecule has 0 aliphatic rings. The summed E-state index contributed by atoms with van der Waals surface area (Å²) in [7, 11) is 0. The van der Waals surface area contributed by atoms with Crippen molar-refractivity contribution in [3.8, 4) is 11.5 Å². The smallest absolute Gasteiger partial charge is 0.246 e. The van der Waals surface area contributed by atoms with E-state index in [1.54, 1.807) is 54.6 Å². The third kappa shape index (κ3) is 18.6. The number of nitrogens with zero attached hydrogens (tertiary/aromatic N) is 3. The molecule has 0 aliphatic carbocycles. The van der Waals surface area contributed by atoms with Gasteiger partial charge in [0, 0.05) is 74.0 Å². The van der Waals surface area contributed by atoms with Gasteiger partial charge in [-0.05, 0) is 59.2 Å². The number of aromatic hydroxyl groups is 2. The van der Waals surface area contributed by atoms with Crippen molar-refractivity contribution in [3.63, 3.8) is 0 Å². The van der Waals surface area contributed by atoms with E-state index in [0.717, 1.165) is 11.1 Å². The number of aromatic nitrogens is 6. The Morgan fingerprint density at radius 3 is 1.22 bits per heavy atom. The fraction of sp³-hybridized carbons (Fsp3) is 0.288. The largest absolute Gasteiger partial charge is 0.504 e.